The summed E-state index contributed by atoms with van der Waals surface area (Å²) >= 11 is 0. The van der Waals surface area contributed by atoms with Crippen molar-refractivity contribution in [3.05, 3.63) is 29.8 Å². The number of anilines is 1. The second-order valence-electron chi connectivity index (χ2n) is 6.37. The van der Waals surface area contributed by atoms with E-state index in [1.807, 2.05) is 0 Å². The quantitative estimate of drug-likeness (QED) is 0.793. The van der Waals surface area contributed by atoms with Crippen LogP contribution in [0.25, 0.3) is 0 Å². The lowest BCUT2D eigenvalue weighted by molar-refractivity contribution is 0.0951. The molecule has 2 N–H and O–H groups in total. The highest BCUT2D eigenvalue weighted by molar-refractivity contribution is 7.92. The van der Waals surface area contributed by atoms with E-state index in [1.165, 1.54) is 0 Å². The summed E-state index contributed by atoms with van der Waals surface area (Å²) < 4.78 is 24.5. The van der Waals surface area contributed by atoms with Gasteiger partial charge in [-0.15, -0.1) is 0 Å². The second kappa shape index (κ2) is 6.93. The first-order valence-corrected chi connectivity index (χ1v) is 8.82. The fourth-order valence-electron chi connectivity index (χ4n) is 1.83. The Morgan fingerprint density at radius 2 is 1.71 bits per heavy atom. The van der Waals surface area contributed by atoms with E-state index >= 15 is 0 Å². The Balaban J connectivity index is 2.48. The molecule has 0 bridgehead atoms. The van der Waals surface area contributed by atoms with Gasteiger partial charge in [-0.05, 0) is 42.5 Å². The highest BCUT2D eigenvalue weighted by Gasteiger charge is 2.10. The van der Waals surface area contributed by atoms with Gasteiger partial charge in [-0.3, -0.25) is 9.52 Å². The fraction of sp³-hybridized carbons (Fsp3) is 0.533. The average molecular weight is 312 g/mol. The predicted molar refractivity (Wildman–Crippen MR) is 85.9 cm³/mol. The van der Waals surface area contributed by atoms with Crippen molar-refractivity contribution in [1.82, 2.24) is 5.32 Å². The molecule has 0 heterocycles. The van der Waals surface area contributed by atoms with Crippen molar-refractivity contribution in [2.45, 2.75) is 33.6 Å². The maximum atomic E-state index is 11.9. The number of carbonyl (C=O) groups is 1. The Hall–Kier alpha value is -1.56. The summed E-state index contributed by atoms with van der Waals surface area (Å²) in [5.74, 6) is -0.144. The van der Waals surface area contributed by atoms with E-state index in [0.717, 1.165) is 19.1 Å². The highest BCUT2D eigenvalue weighted by atomic mass is 32.2. The molecular formula is C15H24N2O3S. The average Bonchev–Trinajstić information content (AvgIpc) is 2.32. The molecule has 0 fully saturated rings. The number of sulfonamides is 1. The van der Waals surface area contributed by atoms with Gasteiger partial charge in [0.25, 0.3) is 5.91 Å². The third-order valence-corrected chi connectivity index (χ3v) is 3.45. The van der Waals surface area contributed by atoms with Crippen LogP contribution in [-0.4, -0.2) is 27.1 Å². The van der Waals surface area contributed by atoms with Crippen LogP contribution >= 0.6 is 0 Å². The molecule has 0 aliphatic rings. The van der Waals surface area contributed by atoms with Crippen molar-refractivity contribution in [2.75, 3.05) is 17.5 Å². The maximum Gasteiger partial charge on any atom is 0.251 e. The lowest BCUT2D eigenvalue weighted by Crippen LogP contribution is -2.25. The molecule has 0 aromatic heterocycles. The summed E-state index contributed by atoms with van der Waals surface area (Å²) in [6, 6.07) is 6.36. The molecule has 21 heavy (non-hydrogen) atoms. The van der Waals surface area contributed by atoms with Crippen LogP contribution in [0.2, 0.25) is 0 Å². The predicted octanol–water partition coefficient (Wildman–Crippen LogP) is 2.61. The molecule has 0 aliphatic carbocycles. The van der Waals surface area contributed by atoms with Gasteiger partial charge >= 0.3 is 0 Å². The monoisotopic (exact) mass is 312 g/mol. The minimum absolute atomic E-state index is 0.144. The fourth-order valence-corrected chi connectivity index (χ4v) is 2.39. The van der Waals surface area contributed by atoms with Gasteiger partial charge in [0.15, 0.2) is 0 Å². The zero-order valence-corrected chi connectivity index (χ0v) is 13.9. The Bertz CT molecular complexity index is 572. The number of hydrogen-bond donors (Lipinski definition) is 2. The molecule has 0 saturated carbocycles. The van der Waals surface area contributed by atoms with Gasteiger partial charge in [-0.1, -0.05) is 20.8 Å². The third kappa shape index (κ3) is 7.70. The molecule has 1 aromatic rings. The summed E-state index contributed by atoms with van der Waals surface area (Å²) in [5.41, 5.74) is 1.23. The third-order valence-electron chi connectivity index (χ3n) is 2.84. The molecule has 1 rings (SSSR count). The number of hydrogen-bond acceptors (Lipinski definition) is 3. The van der Waals surface area contributed by atoms with E-state index in [2.05, 4.69) is 30.8 Å². The Labute approximate surface area is 127 Å². The van der Waals surface area contributed by atoms with Crippen molar-refractivity contribution in [1.29, 1.82) is 0 Å². The molecule has 5 nitrogen and oxygen atoms in total. The molecular weight excluding hydrogens is 288 g/mol. The highest BCUT2D eigenvalue weighted by Crippen LogP contribution is 2.19. The molecule has 118 valence electrons. The first-order valence-electron chi connectivity index (χ1n) is 6.93. The van der Waals surface area contributed by atoms with Crippen molar-refractivity contribution in [3.63, 3.8) is 0 Å². The molecule has 0 atom stereocenters. The van der Waals surface area contributed by atoms with Gasteiger partial charge in [0.2, 0.25) is 10.0 Å². The van der Waals surface area contributed by atoms with E-state index in [0.29, 0.717) is 17.8 Å². The van der Waals surface area contributed by atoms with Crippen LogP contribution < -0.4 is 10.0 Å². The lowest BCUT2D eigenvalue weighted by atomic mass is 9.91. The van der Waals surface area contributed by atoms with Gasteiger partial charge in [-0.2, -0.15) is 0 Å². The summed E-state index contributed by atoms with van der Waals surface area (Å²) in [6.45, 7) is 7.15. The van der Waals surface area contributed by atoms with Crippen LogP contribution in [0.4, 0.5) is 5.69 Å². The molecule has 1 amide bonds. The Morgan fingerprint density at radius 3 is 2.19 bits per heavy atom. The first-order chi connectivity index (χ1) is 9.57. The van der Waals surface area contributed by atoms with Gasteiger partial charge in [0, 0.05) is 17.8 Å². The molecule has 1 aromatic carbocycles. The minimum atomic E-state index is -3.29. The van der Waals surface area contributed by atoms with Gasteiger partial charge in [-0.25, -0.2) is 8.42 Å². The zero-order chi connectivity index (χ0) is 16.1. The number of amides is 1. The molecule has 0 aliphatic heterocycles. The SMILES string of the molecule is CC(C)(C)CCCNC(=O)c1ccc(NS(C)(=O)=O)cc1. The van der Waals surface area contributed by atoms with E-state index in [4.69, 9.17) is 0 Å². The number of nitrogens with one attached hydrogen (secondary N) is 2. The number of carbonyl (C=O) groups excluding carboxylic acids is 1. The Morgan fingerprint density at radius 1 is 1.14 bits per heavy atom. The summed E-state index contributed by atoms with van der Waals surface area (Å²) in [7, 11) is -3.29. The maximum absolute atomic E-state index is 11.9. The van der Waals surface area contributed by atoms with E-state index in [1.54, 1.807) is 24.3 Å². The number of rotatable bonds is 6. The van der Waals surface area contributed by atoms with E-state index in [-0.39, 0.29) is 11.3 Å². The molecule has 0 radical (unpaired) electrons. The van der Waals surface area contributed by atoms with Crippen LogP contribution in [0.1, 0.15) is 44.0 Å². The van der Waals surface area contributed by atoms with Crippen LogP contribution in [-0.2, 0) is 10.0 Å². The standard InChI is InChI=1S/C15H24N2O3S/c1-15(2,3)10-5-11-16-14(18)12-6-8-13(9-7-12)17-21(4,19)20/h6-9,17H,5,10-11H2,1-4H3,(H,16,18). The summed E-state index contributed by atoms with van der Waals surface area (Å²) in [6.07, 6.45) is 3.07. The lowest BCUT2D eigenvalue weighted by Gasteiger charge is -2.17. The summed E-state index contributed by atoms with van der Waals surface area (Å²) in [4.78, 5) is 11.9. The van der Waals surface area contributed by atoms with Crippen molar-refractivity contribution >= 4 is 21.6 Å². The van der Waals surface area contributed by atoms with Gasteiger partial charge in [0.05, 0.1) is 6.26 Å². The zero-order valence-electron chi connectivity index (χ0n) is 13.1. The van der Waals surface area contributed by atoms with Crippen molar-refractivity contribution in [2.24, 2.45) is 5.41 Å². The normalized spacial score (nSPS) is 12.0. The molecule has 0 unspecified atom stereocenters. The van der Waals surface area contributed by atoms with Crippen LogP contribution in [0, 0.1) is 5.41 Å². The van der Waals surface area contributed by atoms with Crippen molar-refractivity contribution in [3.8, 4) is 0 Å². The smallest absolute Gasteiger partial charge is 0.251 e. The molecule has 0 spiro atoms. The van der Waals surface area contributed by atoms with Crippen LogP contribution in [0.5, 0.6) is 0 Å². The van der Waals surface area contributed by atoms with Gasteiger partial charge in [0.1, 0.15) is 0 Å². The van der Waals surface area contributed by atoms with E-state index in [9.17, 15) is 13.2 Å². The second-order valence-corrected chi connectivity index (χ2v) is 8.12. The Kier molecular flexibility index (Phi) is 5.78. The van der Waals surface area contributed by atoms with Gasteiger partial charge < -0.3 is 5.32 Å². The topological polar surface area (TPSA) is 75.3 Å². The summed E-state index contributed by atoms with van der Waals surface area (Å²) in [5, 5.41) is 2.86. The van der Waals surface area contributed by atoms with Crippen LogP contribution in [0.3, 0.4) is 0 Å². The molecule has 0 saturated heterocycles. The first kappa shape index (κ1) is 17.5. The van der Waals surface area contributed by atoms with Crippen molar-refractivity contribution < 1.29 is 13.2 Å². The largest absolute Gasteiger partial charge is 0.352 e. The van der Waals surface area contributed by atoms with E-state index < -0.39 is 10.0 Å². The van der Waals surface area contributed by atoms with Crippen LogP contribution in [0.15, 0.2) is 24.3 Å². The number of benzene rings is 1. The molecule has 6 heteroatoms. The minimum Gasteiger partial charge on any atom is -0.352 e.